The maximum atomic E-state index is 12.3. The van der Waals surface area contributed by atoms with Crippen molar-refractivity contribution in [2.75, 3.05) is 32.0 Å². The van der Waals surface area contributed by atoms with Gasteiger partial charge < -0.3 is 20.7 Å². The minimum absolute atomic E-state index is 0.132. The van der Waals surface area contributed by atoms with Crippen LogP contribution in [-0.4, -0.2) is 48.1 Å². The van der Waals surface area contributed by atoms with Crippen LogP contribution in [0, 0.1) is 5.92 Å². The Hall–Kier alpha value is -1.18. The lowest BCUT2D eigenvalue weighted by molar-refractivity contribution is -0.127. The fourth-order valence-electron chi connectivity index (χ4n) is 3.30. The number of nitrogens with two attached hydrogens (primary N) is 1. The Bertz CT molecular complexity index is 493. The second-order valence-corrected chi connectivity index (χ2v) is 6.94. The summed E-state index contributed by atoms with van der Waals surface area (Å²) >= 11 is 1.41. The van der Waals surface area contributed by atoms with Crippen LogP contribution < -0.4 is 11.1 Å². The van der Waals surface area contributed by atoms with Crippen LogP contribution in [0.2, 0.25) is 0 Å². The van der Waals surface area contributed by atoms with Gasteiger partial charge in [0.15, 0.2) is 5.13 Å². The first-order valence-corrected chi connectivity index (χ1v) is 8.89. The van der Waals surface area contributed by atoms with Crippen LogP contribution in [-0.2, 0) is 16.1 Å². The van der Waals surface area contributed by atoms with Gasteiger partial charge in [-0.25, -0.2) is 4.98 Å². The molecule has 7 heteroatoms. The topological polar surface area (TPSA) is 80.5 Å². The number of anilines is 1. The van der Waals surface area contributed by atoms with E-state index in [4.69, 9.17) is 10.5 Å². The van der Waals surface area contributed by atoms with Crippen LogP contribution in [0.4, 0.5) is 5.13 Å². The van der Waals surface area contributed by atoms with Crippen molar-refractivity contribution in [3.05, 3.63) is 11.1 Å². The van der Waals surface area contributed by atoms with Crippen LogP contribution in [0.3, 0.4) is 0 Å². The summed E-state index contributed by atoms with van der Waals surface area (Å²) < 4.78 is 5.42. The van der Waals surface area contributed by atoms with Gasteiger partial charge in [-0.2, -0.15) is 0 Å². The molecule has 22 heavy (non-hydrogen) atoms. The Labute approximate surface area is 135 Å². The summed E-state index contributed by atoms with van der Waals surface area (Å²) in [5.41, 5.74) is 6.44. The SMILES string of the molecule is Nc1nc(CNC(=O)C2CCN(C3CCOCC3)CC2)cs1. The number of ether oxygens (including phenoxy) is 1. The van der Waals surface area contributed by atoms with E-state index in [2.05, 4.69) is 15.2 Å². The molecule has 0 bridgehead atoms. The number of hydrogen-bond donors (Lipinski definition) is 2. The first-order valence-electron chi connectivity index (χ1n) is 8.02. The minimum atomic E-state index is 0.132. The molecule has 3 rings (SSSR count). The van der Waals surface area contributed by atoms with E-state index in [0.29, 0.717) is 17.7 Å². The highest BCUT2D eigenvalue weighted by atomic mass is 32.1. The highest BCUT2D eigenvalue weighted by Crippen LogP contribution is 2.23. The average Bonchev–Trinajstić information content (AvgIpc) is 2.99. The second kappa shape index (κ2) is 7.39. The fourth-order valence-corrected chi connectivity index (χ4v) is 3.87. The molecule has 2 fully saturated rings. The van der Waals surface area contributed by atoms with Crippen LogP contribution in [0.5, 0.6) is 0 Å². The zero-order valence-electron chi connectivity index (χ0n) is 12.8. The highest BCUT2D eigenvalue weighted by Gasteiger charge is 2.29. The maximum absolute atomic E-state index is 12.3. The minimum Gasteiger partial charge on any atom is -0.381 e. The van der Waals surface area contributed by atoms with E-state index in [0.717, 1.165) is 57.7 Å². The summed E-state index contributed by atoms with van der Waals surface area (Å²) in [6.45, 7) is 4.27. The number of aromatic nitrogens is 1. The number of nitrogens with zero attached hydrogens (tertiary/aromatic N) is 2. The molecule has 0 spiro atoms. The summed E-state index contributed by atoms with van der Waals surface area (Å²) in [5, 5.41) is 5.43. The van der Waals surface area contributed by atoms with Gasteiger partial charge in [0, 0.05) is 30.6 Å². The molecule has 0 saturated carbocycles. The van der Waals surface area contributed by atoms with Crippen molar-refractivity contribution in [3.63, 3.8) is 0 Å². The smallest absolute Gasteiger partial charge is 0.223 e. The van der Waals surface area contributed by atoms with E-state index in [1.807, 2.05) is 5.38 Å². The van der Waals surface area contributed by atoms with Gasteiger partial charge >= 0.3 is 0 Å². The normalized spacial score (nSPS) is 21.8. The number of likely N-dealkylation sites (tertiary alicyclic amines) is 1. The number of nitrogens with one attached hydrogen (secondary N) is 1. The van der Waals surface area contributed by atoms with Crippen molar-refractivity contribution < 1.29 is 9.53 Å². The lowest BCUT2D eigenvalue weighted by Crippen LogP contribution is -2.46. The van der Waals surface area contributed by atoms with Crippen molar-refractivity contribution in [2.24, 2.45) is 5.92 Å². The van der Waals surface area contributed by atoms with Gasteiger partial charge in [0.25, 0.3) is 0 Å². The molecule has 0 aliphatic carbocycles. The third-order valence-corrected chi connectivity index (χ3v) is 5.34. The molecule has 1 aromatic rings. The van der Waals surface area contributed by atoms with Crippen molar-refractivity contribution in [1.82, 2.24) is 15.2 Å². The van der Waals surface area contributed by atoms with Crippen molar-refractivity contribution >= 4 is 22.4 Å². The zero-order chi connectivity index (χ0) is 15.4. The van der Waals surface area contributed by atoms with Gasteiger partial charge in [0.1, 0.15) is 0 Å². The molecule has 1 amide bonds. The van der Waals surface area contributed by atoms with E-state index < -0.39 is 0 Å². The average molecular weight is 324 g/mol. The van der Waals surface area contributed by atoms with Crippen molar-refractivity contribution in [2.45, 2.75) is 38.3 Å². The van der Waals surface area contributed by atoms with Gasteiger partial charge in [-0.3, -0.25) is 4.79 Å². The zero-order valence-corrected chi connectivity index (χ0v) is 13.6. The molecule has 2 saturated heterocycles. The Morgan fingerprint density at radius 1 is 1.36 bits per heavy atom. The molecule has 3 N–H and O–H groups in total. The molecule has 122 valence electrons. The highest BCUT2D eigenvalue weighted by molar-refractivity contribution is 7.13. The van der Waals surface area contributed by atoms with E-state index in [9.17, 15) is 4.79 Å². The van der Waals surface area contributed by atoms with E-state index >= 15 is 0 Å². The Kier molecular flexibility index (Phi) is 5.28. The third kappa shape index (κ3) is 3.97. The molecule has 6 nitrogen and oxygen atoms in total. The second-order valence-electron chi connectivity index (χ2n) is 6.05. The number of hydrogen-bond acceptors (Lipinski definition) is 6. The molecule has 0 aromatic carbocycles. The van der Waals surface area contributed by atoms with Crippen molar-refractivity contribution in [3.8, 4) is 0 Å². The van der Waals surface area contributed by atoms with Gasteiger partial charge in [-0.1, -0.05) is 0 Å². The summed E-state index contributed by atoms with van der Waals surface area (Å²) in [6.07, 6.45) is 4.15. The third-order valence-electron chi connectivity index (χ3n) is 4.62. The van der Waals surface area contributed by atoms with E-state index in [-0.39, 0.29) is 11.8 Å². The van der Waals surface area contributed by atoms with E-state index in [1.54, 1.807) is 0 Å². The molecule has 2 aliphatic rings. The van der Waals surface area contributed by atoms with Crippen LogP contribution in [0.25, 0.3) is 0 Å². The first kappa shape index (κ1) is 15.7. The Balaban J connectivity index is 1.41. The van der Waals surface area contributed by atoms with Gasteiger partial charge in [-0.05, 0) is 38.8 Å². The van der Waals surface area contributed by atoms with E-state index in [1.165, 1.54) is 11.3 Å². The number of rotatable bonds is 4. The van der Waals surface area contributed by atoms with Crippen molar-refractivity contribution in [1.29, 1.82) is 0 Å². The molecule has 0 radical (unpaired) electrons. The monoisotopic (exact) mass is 324 g/mol. The predicted molar refractivity (Wildman–Crippen MR) is 86.5 cm³/mol. The molecule has 1 aromatic heterocycles. The lowest BCUT2D eigenvalue weighted by atomic mass is 9.93. The number of thiazole rings is 1. The maximum Gasteiger partial charge on any atom is 0.223 e. The van der Waals surface area contributed by atoms with Crippen LogP contribution in [0.15, 0.2) is 5.38 Å². The fraction of sp³-hybridized carbons (Fsp3) is 0.733. The number of carbonyl (C=O) groups is 1. The number of amides is 1. The quantitative estimate of drug-likeness (QED) is 0.871. The van der Waals surface area contributed by atoms with Gasteiger partial charge in [-0.15, -0.1) is 11.3 Å². The molecule has 2 aliphatic heterocycles. The number of carbonyl (C=O) groups excluding carboxylic acids is 1. The Morgan fingerprint density at radius 3 is 2.73 bits per heavy atom. The standard InChI is InChI=1S/C15H24N4O2S/c16-15-18-12(10-22-15)9-17-14(20)11-1-5-19(6-2-11)13-3-7-21-8-4-13/h10-11,13H,1-9H2,(H2,16,18)(H,17,20). The van der Waals surface area contributed by atoms with Gasteiger partial charge in [0.2, 0.25) is 5.91 Å². The largest absolute Gasteiger partial charge is 0.381 e. The lowest BCUT2D eigenvalue weighted by Gasteiger charge is -2.38. The van der Waals surface area contributed by atoms with Gasteiger partial charge in [0.05, 0.1) is 12.2 Å². The first-order chi connectivity index (χ1) is 10.7. The van der Waals surface area contributed by atoms with Crippen LogP contribution in [0.1, 0.15) is 31.4 Å². The molecule has 0 unspecified atom stereocenters. The molecular formula is C15H24N4O2S. The number of piperidine rings is 1. The number of nitrogen functional groups attached to an aromatic ring is 1. The summed E-state index contributed by atoms with van der Waals surface area (Å²) in [7, 11) is 0. The molecule has 0 atom stereocenters. The summed E-state index contributed by atoms with van der Waals surface area (Å²) in [5.74, 6) is 0.283. The Morgan fingerprint density at radius 2 is 2.09 bits per heavy atom. The summed E-state index contributed by atoms with van der Waals surface area (Å²) in [4.78, 5) is 19.0. The molecule has 3 heterocycles. The van der Waals surface area contributed by atoms with Crippen LogP contribution >= 0.6 is 11.3 Å². The molecular weight excluding hydrogens is 300 g/mol. The summed E-state index contributed by atoms with van der Waals surface area (Å²) in [6, 6.07) is 0.649. The predicted octanol–water partition coefficient (Wildman–Crippen LogP) is 1.23.